The number of hydrogen-bond donors (Lipinski definition) is 1. The molecule has 0 amide bonds. The normalized spacial score (nSPS) is 28.7. The number of aryl methyl sites for hydroxylation is 2. The largest absolute Gasteiger partial charge is 0.511 e. The summed E-state index contributed by atoms with van der Waals surface area (Å²) in [4.78, 5) is 12.7. The van der Waals surface area contributed by atoms with Crippen molar-refractivity contribution in [3.8, 4) is 0 Å². The van der Waals surface area contributed by atoms with Crippen LogP contribution in [0.4, 0.5) is 0 Å². The Morgan fingerprint density at radius 3 is 2.55 bits per heavy atom. The molecular formula is C19H24O3. The van der Waals surface area contributed by atoms with Gasteiger partial charge in [0.1, 0.15) is 5.76 Å². The van der Waals surface area contributed by atoms with Crippen LogP contribution >= 0.6 is 0 Å². The van der Waals surface area contributed by atoms with Gasteiger partial charge in [-0.15, -0.1) is 0 Å². The Hall–Kier alpha value is -1.61. The molecule has 0 heterocycles. The molecule has 3 rings (SSSR count). The van der Waals surface area contributed by atoms with Crippen molar-refractivity contribution in [1.82, 2.24) is 0 Å². The van der Waals surface area contributed by atoms with Crippen molar-refractivity contribution in [3.05, 3.63) is 40.6 Å². The first-order valence-electron chi connectivity index (χ1n) is 8.04. The van der Waals surface area contributed by atoms with Crippen molar-refractivity contribution < 1.29 is 14.6 Å². The van der Waals surface area contributed by atoms with E-state index in [1.54, 1.807) is 7.11 Å². The second-order valence-corrected chi connectivity index (χ2v) is 6.76. The molecule has 0 bridgehead atoms. The van der Waals surface area contributed by atoms with Crippen LogP contribution in [0.15, 0.2) is 24.0 Å². The lowest BCUT2D eigenvalue weighted by atomic mass is 9.71. The molecule has 0 atom stereocenters. The first-order chi connectivity index (χ1) is 10.5. The third-order valence-corrected chi connectivity index (χ3v) is 5.45. The molecule has 1 spiro atoms. The number of ketones is 1. The van der Waals surface area contributed by atoms with Crippen LogP contribution in [0, 0.1) is 19.3 Å². The minimum atomic E-state index is -0.652. The minimum Gasteiger partial charge on any atom is -0.511 e. The number of Topliss-reactive ketones (excluding diaryl/α,β-unsaturated/α-hetero) is 1. The topological polar surface area (TPSA) is 46.5 Å². The van der Waals surface area contributed by atoms with Crippen LogP contribution in [0.25, 0.3) is 5.57 Å². The van der Waals surface area contributed by atoms with E-state index in [-0.39, 0.29) is 11.9 Å². The number of rotatable bonds is 2. The summed E-state index contributed by atoms with van der Waals surface area (Å²) in [6.45, 7) is 4.07. The fraction of sp³-hybridized carbons (Fsp3) is 0.526. The molecule has 1 aromatic carbocycles. The van der Waals surface area contributed by atoms with E-state index in [2.05, 4.69) is 18.2 Å². The SMILES string of the molecule is COC1CCC2(CC1)C(=O)CC(c1cc(C)ccc1C)=C2O. The van der Waals surface area contributed by atoms with Gasteiger partial charge in [-0.25, -0.2) is 0 Å². The fourth-order valence-electron chi connectivity index (χ4n) is 3.95. The smallest absolute Gasteiger partial charge is 0.151 e. The van der Waals surface area contributed by atoms with E-state index < -0.39 is 5.41 Å². The first kappa shape index (κ1) is 15.3. The molecular weight excluding hydrogens is 276 g/mol. The third-order valence-electron chi connectivity index (χ3n) is 5.45. The maximum Gasteiger partial charge on any atom is 0.151 e. The lowest BCUT2D eigenvalue weighted by molar-refractivity contribution is -0.128. The molecule has 3 nitrogen and oxygen atoms in total. The quantitative estimate of drug-likeness (QED) is 0.893. The van der Waals surface area contributed by atoms with Gasteiger partial charge < -0.3 is 9.84 Å². The van der Waals surface area contributed by atoms with Crippen LogP contribution in [0.1, 0.15) is 48.8 Å². The Bertz CT molecular complexity index is 634. The summed E-state index contributed by atoms with van der Waals surface area (Å²) >= 11 is 0. The van der Waals surface area contributed by atoms with Gasteiger partial charge in [0.2, 0.25) is 0 Å². The minimum absolute atomic E-state index is 0.176. The number of hydrogen-bond acceptors (Lipinski definition) is 3. The molecule has 2 aliphatic rings. The van der Waals surface area contributed by atoms with Gasteiger partial charge in [0, 0.05) is 19.1 Å². The molecule has 0 unspecified atom stereocenters. The number of aliphatic hydroxyl groups excluding tert-OH is 1. The summed E-state index contributed by atoms with van der Waals surface area (Å²) in [7, 11) is 1.72. The maximum absolute atomic E-state index is 12.7. The molecule has 1 saturated carbocycles. The van der Waals surface area contributed by atoms with Gasteiger partial charge in [-0.2, -0.15) is 0 Å². The monoisotopic (exact) mass is 300 g/mol. The second-order valence-electron chi connectivity index (χ2n) is 6.76. The highest BCUT2D eigenvalue weighted by Crippen LogP contribution is 2.52. The van der Waals surface area contributed by atoms with E-state index in [1.807, 2.05) is 13.8 Å². The highest BCUT2D eigenvalue weighted by Gasteiger charge is 2.50. The first-order valence-corrected chi connectivity index (χ1v) is 8.04. The Morgan fingerprint density at radius 1 is 1.23 bits per heavy atom. The summed E-state index contributed by atoms with van der Waals surface area (Å²) in [6, 6.07) is 6.20. The summed E-state index contributed by atoms with van der Waals surface area (Å²) in [5.74, 6) is 0.496. The number of carbonyl (C=O) groups excluding carboxylic acids is 1. The molecule has 22 heavy (non-hydrogen) atoms. The molecule has 118 valence electrons. The van der Waals surface area contributed by atoms with Crippen LogP contribution < -0.4 is 0 Å². The lowest BCUT2D eigenvalue weighted by Crippen LogP contribution is -2.36. The molecule has 1 aromatic rings. The van der Waals surface area contributed by atoms with E-state index in [0.717, 1.165) is 35.1 Å². The average Bonchev–Trinajstić information content (AvgIpc) is 2.76. The molecule has 0 radical (unpaired) electrons. The lowest BCUT2D eigenvalue weighted by Gasteiger charge is -2.35. The van der Waals surface area contributed by atoms with Crippen molar-refractivity contribution in [2.75, 3.05) is 7.11 Å². The van der Waals surface area contributed by atoms with Crippen molar-refractivity contribution >= 4 is 11.4 Å². The van der Waals surface area contributed by atoms with E-state index in [9.17, 15) is 9.90 Å². The standard InChI is InChI=1S/C19H24O3/c1-12-4-5-13(2)15(10-12)16-11-17(20)19(18(16)21)8-6-14(22-3)7-9-19/h4-5,10,14,21H,6-9,11H2,1-3H3. The number of allylic oxidation sites excluding steroid dienone is 2. The molecule has 0 aliphatic heterocycles. The number of benzene rings is 1. The van der Waals surface area contributed by atoms with Gasteiger partial charge in [0.25, 0.3) is 0 Å². The predicted molar refractivity (Wildman–Crippen MR) is 86.8 cm³/mol. The Labute approximate surface area is 132 Å². The fourth-order valence-corrected chi connectivity index (χ4v) is 3.95. The van der Waals surface area contributed by atoms with Crippen LogP contribution in [-0.4, -0.2) is 24.1 Å². The van der Waals surface area contributed by atoms with Gasteiger partial charge in [0.05, 0.1) is 11.5 Å². The van der Waals surface area contributed by atoms with E-state index >= 15 is 0 Å². The zero-order valence-electron chi connectivity index (χ0n) is 13.6. The third kappa shape index (κ3) is 2.28. The molecule has 0 saturated heterocycles. The van der Waals surface area contributed by atoms with Crippen LogP contribution in [0.3, 0.4) is 0 Å². The second kappa shape index (κ2) is 5.54. The van der Waals surface area contributed by atoms with Gasteiger partial charge in [-0.3, -0.25) is 4.79 Å². The molecule has 2 aliphatic carbocycles. The predicted octanol–water partition coefficient (Wildman–Crippen LogP) is 4.12. The van der Waals surface area contributed by atoms with E-state index in [4.69, 9.17) is 4.74 Å². The van der Waals surface area contributed by atoms with Crippen LogP contribution in [0.5, 0.6) is 0 Å². The summed E-state index contributed by atoms with van der Waals surface area (Å²) in [5, 5.41) is 10.9. The van der Waals surface area contributed by atoms with Crippen molar-refractivity contribution in [1.29, 1.82) is 0 Å². The van der Waals surface area contributed by atoms with E-state index in [1.165, 1.54) is 0 Å². The Morgan fingerprint density at radius 2 is 1.91 bits per heavy atom. The summed E-state index contributed by atoms with van der Waals surface area (Å²) in [5.41, 5.74) is 3.47. The highest BCUT2D eigenvalue weighted by atomic mass is 16.5. The zero-order valence-corrected chi connectivity index (χ0v) is 13.6. The van der Waals surface area contributed by atoms with Crippen molar-refractivity contribution in [2.24, 2.45) is 5.41 Å². The molecule has 1 N–H and O–H groups in total. The maximum atomic E-state index is 12.7. The molecule has 0 aromatic heterocycles. The van der Waals surface area contributed by atoms with Crippen LogP contribution in [-0.2, 0) is 9.53 Å². The number of ether oxygens (including phenoxy) is 1. The van der Waals surface area contributed by atoms with Gasteiger partial charge in [-0.1, -0.05) is 23.8 Å². The average molecular weight is 300 g/mol. The number of aliphatic hydroxyl groups is 1. The number of carbonyl (C=O) groups is 1. The molecule has 3 heteroatoms. The zero-order chi connectivity index (χ0) is 15.9. The Kier molecular flexibility index (Phi) is 3.85. The summed E-state index contributed by atoms with van der Waals surface area (Å²) in [6.07, 6.45) is 3.65. The molecule has 1 fully saturated rings. The van der Waals surface area contributed by atoms with Crippen molar-refractivity contribution in [2.45, 2.75) is 52.1 Å². The Balaban J connectivity index is 2.00. The van der Waals surface area contributed by atoms with Crippen molar-refractivity contribution in [3.63, 3.8) is 0 Å². The van der Waals surface area contributed by atoms with E-state index in [0.29, 0.717) is 25.0 Å². The van der Waals surface area contributed by atoms with Gasteiger partial charge >= 0.3 is 0 Å². The number of methoxy groups -OCH3 is 1. The highest BCUT2D eigenvalue weighted by molar-refractivity contribution is 6.03. The van der Waals surface area contributed by atoms with Crippen LogP contribution in [0.2, 0.25) is 0 Å². The van der Waals surface area contributed by atoms with Gasteiger partial charge in [-0.05, 0) is 50.7 Å². The summed E-state index contributed by atoms with van der Waals surface area (Å²) < 4.78 is 5.40. The van der Waals surface area contributed by atoms with Gasteiger partial charge in [0.15, 0.2) is 5.78 Å².